The number of thiazole rings is 1. The second kappa shape index (κ2) is 4.81. The zero-order valence-electron chi connectivity index (χ0n) is 12.0. The molecular formula is C15H21N3OS. The molecule has 2 saturated heterocycles. The van der Waals surface area contributed by atoms with Crippen LogP contribution in [-0.2, 0) is 6.42 Å². The number of likely N-dealkylation sites (N-methyl/N-ethyl adjacent to an activating group) is 1. The number of fused-ring (bicyclic) bond motifs is 3. The highest BCUT2D eigenvalue weighted by molar-refractivity contribution is 7.17. The molecule has 1 aromatic rings. The van der Waals surface area contributed by atoms with Gasteiger partial charge in [0.1, 0.15) is 0 Å². The molecule has 1 aliphatic carbocycles. The fourth-order valence-corrected chi connectivity index (χ4v) is 4.99. The lowest BCUT2D eigenvalue weighted by atomic mass is 10.0. The summed E-state index contributed by atoms with van der Waals surface area (Å²) >= 11 is 1.63. The van der Waals surface area contributed by atoms with Crippen LogP contribution in [0.2, 0.25) is 0 Å². The lowest BCUT2D eigenvalue weighted by molar-refractivity contribution is 0.0976. The van der Waals surface area contributed by atoms with Crippen LogP contribution in [-0.4, -0.2) is 47.9 Å². The van der Waals surface area contributed by atoms with Crippen LogP contribution in [0.3, 0.4) is 0 Å². The average molecular weight is 291 g/mol. The fourth-order valence-electron chi connectivity index (χ4n) is 3.87. The monoisotopic (exact) mass is 291 g/mol. The van der Waals surface area contributed by atoms with Crippen molar-refractivity contribution in [3.05, 3.63) is 10.6 Å². The van der Waals surface area contributed by atoms with E-state index in [1.165, 1.54) is 19.3 Å². The predicted octanol–water partition coefficient (Wildman–Crippen LogP) is 2.33. The Kier molecular flexibility index (Phi) is 3.07. The number of hydrogen-bond acceptors (Lipinski definition) is 5. The minimum absolute atomic E-state index is 0.309. The van der Waals surface area contributed by atoms with Gasteiger partial charge in [0.2, 0.25) is 0 Å². The quantitative estimate of drug-likeness (QED) is 0.796. The Morgan fingerprint density at radius 2 is 2.05 bits per heavy atom. The van der Waals surface area contributed by atoms with Gasteiger partial charge in [0, 0.05) is 31.6 Å². The molecule has 0 amide bonds. The van der Waals surface area contributed by atoms with E-state index >= 15 is 0 Å². The van der Waals surface area contributed by atoms with Crippen LogP contribution in [0.4, 0.5) is 5.13 Å². The summed E-state index contributed by atoms with van der Waals surface area (Å²) in [4.78, 5) is 22.7. The van der Waals surface area contributed by atoms with Gasteiger partial charge in [-0.1, -0.05) is 11.3 Å². The van der Waals surface area contributed by atoms with E-state index in [0.29, 0.717) is 18.2 Å². The van der Waals surface area contributed by atoms with Crippen molar-refractivity contribution >= 4 is 22.3 Å². The van der Waals surface area contributed by atoms with Gasteiger partial charge in [-0.15, -0.1) is 0 Å². The average Bonchev–Trinajstić information content (AvgIpc) is 2.93. The van der Waals surface area contributed by atoms with Gasteiger partial charge in [-0.05, 0) is 39.2 Å². The van der Waals surface area contributed by atoms with Crippen molar-refractivity contribution in [2.45, 2.75) is 50.6 Å². The van der Waals surface area contributed by atoms with Crippen LogP contribution in [0.25, 0.3) is 0 Å². The van der Waals surface area contributed by atoms with Crippen molar-refractivity contribution in [1.29, 1.82) is 0 Å². The second-order valence-electron chi connectivity index (χ2n) is 6.33. The van der Waals surface area contributed by atoms with Gasteiger partial charge in [0.25, 0.3) is 0 Å². The number of Topliss-reactive ketones (excluding diaryl/α,β-unsaturated/α-hetero) is 1. The molecule has 0 radical (unpaired) electrons. The Balaban J connectivity index is 1.60. The first-order valence-corrected chi connectivity index (χ1v) is 8.54. The number of carbonyl (C=O) groups is 1. The Morgan fingerprint density at radius 1 is 1.20 bits per heavy atom. The van der Waals surface area contributed by atoms with E-state index in [1.807, 2.05) is 0 Å². The maximum Gasteiger partial charge on any atom is 0.186 e. The number of aryl methyl sites for hydroxylation is 1. The molecule has 2 aliphatic heterocycles. The van der Waals surface area contributed by atoms with Gasteiger partial charge >= 0.3 is 0 Å². The molecule has 4 rings (SSSR count). The molecule has 20 heavy (non-hydrogen) atoms. The molecule has 2 fully saturated rings. The lowest BCUT2D eigenvalue weighted by Crippen LogP contribution is -2.36. The Morgan fingerprint density at radius 3 is 2.90 bits per heavy atom. The zero-order chi connectivity index (χ0) is 13.7. The van der Waals surface area contributed by atoms with Crippen LogP contribution in [0, 0.1) is 0 Å². The first kappa shape index (κ1) is 12.8. The van der Waals surface area contributed by atoms with Crippen LogP contribution >= 0.6 is 11.3 Å². The molecular weight excluding hydrogens is 270 g/mol. The van der Waals surface area contributed by atoms with Crippen LogP contribution in [0.1, 0.15) is 47.5 Å². The largest absolute Gasteiger partial charge is 0.346 e. The van der Waals surface area contributed by atoms with E-state index in [2.05, 4.69) is 16.8 Å². The summed E-state index contributed by atoms with van der Waals surface area (Å²) in [5.41, 5.74) is 1.06. The Hall–Kier alpha value is -0.940. The van der Waals surface area contributed by atoms with Gasteiger partial charge in [0.05, 0.1) is 10.6 Å². The maximum absolute atomic E-state index is 12.0. The fraction of sp³-hybridized carbons (Fsp3) is 0.733. The number of anilines is 1. The van der Waals surface area contributed by atoms with Crippen molar-refractivity contribution in [3.8, 4) is 0 Å². The number of hydrogen-bond donors (Lipinski definition) is 0. The molecule has 1 aromatic heterocycles. The summed E-state index contributed by atoms with van der Waals surface area (Å²) < 4.78 is 0. The Labute approximate surface area is 123 Å². The van der Waals surface area contributed by atoms with E-state index in [9.17, 15) is 4.79 Å². The number of carbonyl (C=O) groups excluding carboxylic acids is 1. The van der Waals surface area contributed by atoms with Crippen molar-refractivity contribution in [1.82, 2.24) is 9.88 Å². The standard InChI is InChI=1S/C15H21N3OS/c1-17-10-5-6-11(17)9-18(8-7-10)15-16-12-3-2-4-13(19)14(12)20-15/h10-11H,2-9H2,1H3. The van der Waals surface area contributed by atoms with E-state index in [4.69, 9.17) is 4.98 Å². The van der Waals surface area contributed by atoms with E-state index in [-0.39, 0.29) is 0 Å². The third-order valence-corrected chi connectivity index (χ3v) is 6.38. The van der Waals surface area contributed by atoms with E-state index in [0.717, 1.165) is 47.7 Å². The molecule has 2 bridgehead atoms. The molecule has 2 atom stereocenters. The first-order valence-electron chi connectivity index (χ1n) is 7.72. The highest BCUT2D eigenvalue weighted by Crippen LogP contribution is 2.35. The third kappa shape index (κ3) is 1.99. The summed E-state index contributed by atoms with van der Waals surface area (Å²) in [6.07, 6.45) is 6.55. The predicted molar refractivity (Wildman–Crippen MR) is 80.8 cm³/mol. The molecule has 5 heteroatoms. The normalized spacial score (nSPS) is 30.4. The molecule has 2 unspecified atom stereocenters. The van der Waals surface area contributed by atoms with Crippen LogP contribution < -0.4 is 4.90 Å². The van der Waals surface area contributed by atoms with Crippen molar-refractivity contribution < 1.29 is 4.79 Å². The molecule has 0 aromatic carbocycles. The first-order chi connectivity index (χ1) is 9.72. The third-order valence-electron chi connectivity index (χ3n) is 5.18. The van der Waals surface area contributed by atoms with Crippen molar-refractivity contribution in [2.75, 3.05) is 25.0 Å². The molecule has 0 spiro atoms. The Bertz CT molecular complexity index is 541. The molecule has 4 nitrogen and oxygen atoms in total. The lowest BCUT2D eigenvalue weighted by Gasteiger charge is -2.25. The second-order valence-corrected chi connectivity index (χ2v) is 7.31. The smallest absolute Gasteiger partial charge is 0.186 e. The highest BCUT2D eigenvalue weighted by Gasteiger charge is 2.36. The maximum atomic E-state index is 12.0. The van der Waals surface area contributed by atoms with Gasteiger partial charge in [0.15, 0.2) is 10.9 Å². The molecule has 108 valence electrons. The van der Waals surface area contributed by atoms with Crippen molar-refractivity contribution in [2.24, 2.45) is 0 Å². The van der Waals surface area contributed by atoms with Gasteiger partial charge < -0.3 is 4.90 Å². The SMILES string of the molecule is CN1C2CCC1CN(c1nc3c(s1)C(=O)CCC3)CC2. The number of nitrogens with zero attached hydrogens (tertiary/aromatic N) is 3. The summed E-state index contributed by atoms with van der Waals surface area (Å²) in [6, 6.07) is 1.42. The van der Waals surface area contributed by atoms with Gasteiger partial charge in [-0.3, -0.25) is 9.69 Å². The topological polar surface area (TPSA) is 36.4 Å². The van der Waals surface area contributed by atoms with Gasteiger partial charge in [-0.25, -0.2) is 4.98 Å². The highest BCUT2D eigenvalue weighted by atomic mass is 32.1. The van der Waals surface area contributed by atoms with Gasteiger partial charge in [-0.2, -0.15) is 0 Å². The summed E-state index contributed by atoms with van der Waals surface area (Å²) in [6.45, 7) is 2.17. The van der Waals surface area contributed by atoms with E-state index in [1.54, 1.807) is 11.3 Å². The minimum Gasteiger partial charge on any atom is -0.346 e. The number of aromatic nitrogens is 1. The molecule has 3 aliphatic rings. The molecule has 3 heterocycles. The summed E-state index contributed by atoms with van der Waals surface area (Å²) in [7, 11) is 2.27. The summed E-state index contributed by atoms with van der Waals surface area (Å²) in [5, 5.41) is 1.09. The zero-order valence-corrected chi connectivity index (χ0v) is 12.8. The van der Waals surface area contributed by atoms with E-state index < -0.39 is 0 Å². The number of ketones is 1. The van der Waals surface area contributed by atoms with Crippen LogP contribution in [0.5, 0.6) is 0 Å². The number of rotatable bonds is 1. The van der Waals surface area contributed by atoms with Crippen molar-refractivity contribution in [3.63, 3.8) is 0 Å². The summed E-state index contributed by atoms with van der Waals surface area (Å²) in [5.74, 6) is 0.309. The minimum atomic E-state index is 0.309. The molecule has 0 saturated carbocycles. The molecule has 0 N–H and O–H groups in total. The van der Waals surface area contributed by atoms with Crippen LogP contribution in [0.15, 0.2) is 0 Å².